The smallest absolute Gasteiger partial charge is 0.255 e. The number of benzene rings is 1. The molecule has 1 atom stereocenters. The van der Waals surface area contributed by atoms with Gasteiger partial charge in [-0.3, -0.25) is 9.59 Å². The second-order valence-electron chi connectivity index (χ2n) is 7.71. The largest absolute Gasteiger partial charge is 0.396 e. The van der Waals surface area contributed by atoms with Crippen molar-refractivity contribution < 1.29 is 14.7 Å². The van der Waals surface area contributed by atoms with E-state index in [1.54, 1.807) is 29.3 Å². The maximum absolute atomic E-state index is 13.2. The van der Waals surface area contributed by atoms with Crippen LogP contribution in [0.4, 0.5) is 11.5 Å². The number of pyridine rings is 1. The monoisotopic (exact) mass is 428 g/mol. The van der Waals surface area contributed by atoms with Crippen molar-refractivity contribution in [1.82, 2.24) is 9.88 Å². The number of amides is 2. The van der Waals surface area contributed by atoms with Gasteiger partial charge >= 0.3 is 0 Å². The van der Waals surface area contributed by atoms with E-state index in [9.17, 15) is 14.7 Å². The molecule has 2 aromatic rings. The molecule has 30 heavy (non-hydrogen) atoms. The second kappa shape index (κ2) is 9.02. The fourth-order valence-corrected chi connectivity index (χ4v) is 4.26. The van der Waals surface area contributed by atoms with Crippen LogP contribution in [0.15, 0.2) is 36.5 Å². The van der Waals surface area contributed by atoms with Crippen LogP contribution in [-0.4, -0.2) is 52.5 Å². The van der Waals surface area contributed by atoms with Gasteiger partial charge in [0.25, 0.3) is 5.91 Å². The maximum atomic E-state index is 13.2. The van der Waals surface area contributed by atoms with Crippen molar-refractivity contribution in [2.24, 2.45) is 0 Å². The average Bonchev–Trinajstić information content (AvgIpc) is 2.77. The number of carbonyl (C=O) groups is 2. The SMILES string of the molecule is O=C1CNc2ncc(C(=O)N3CCCCC3CCO)cc2N1Cc1ccc(Cl)cc1. The lowest BCUT2D eigenvalue weighted by Crippen LogP contribution is -2.44. The highest BCUT2D eigenvalue weighted by molar-refractivity contribution is 6.30. The molecule has 1 unspecified atom stereocenters. The molecule has 0 radical (unpaired) electrons. The summed E-state index contributed by atoms with van der Waals surface area (Å²) in [6.07, 6.45) is 5.05. The van der Waals surface area contributed by atoms with E-state index in [4.69, 9.17) is 11.6 Å². The minimum absolute atomic E-state index is 0.0391. The molecule has 2 aliphatic rings. The van der Waals surface area contributed by atoms with Gasteiger partial charge in [-0.2, -0.15) is 0 Å². The summed E-state index contributed by atoms with van der Waals surface area (Å²) in [5, 5.41) is 13.0. The zero-order valence-corrected chi connectivity index (χ0v) is 17.4. The van der Waals surface area contributed by atoms with Crippen LogP contribution in [0.1, 0.15) is 41.6 Å². The molecule has 2 N–H and O–H groups in total. The molecule has 1 aromatic carbocycles. The molecule has 2 aliphatic heterocycles. The van der Waals surface area contributed by atoms with Crippen LogP contribution < -0.4 is 10.2 Å². The Bertz CT molecular complexity index is 932. The van der Waals surface area contributed by atoms with Crippen molar-refractivity contribution in [1.29, 1.82) is 0 Å². The van der Waals surface area contributed by atoms with E-state index in [1.165, 1.54) is 0 Å². The number of aliphatic hydroxyl groups is 1. The van der Waals surface area contributed by atoms with Gasteiger partial charge in [0.1, 0.15) is 0 Å². The molecular formula is C22H25ClN4O3. The van der Waals surface area contributed by atoms with Gasteiger partial charge in [-0.05, 0) is 49.4 Å². The Labute approximate surface area is 180 Å². The van der Waals surface area contributed by atoms with E-state index in [0.717, 1.165) is 24.8 Å². The van der Waals surface area contributed by atoms with Crippen molar-refractivity contribution in [2.75, 3.05) is 29.9 Å². The van der Waals surface area contributed by atoms with Crippen LogP contribution in [0.3, 0.4) is 0 Å². The number of halogens is 1. The van der Waals surface area contributed by atoms with Crippen LogP contribution in [0, 0.1) is 0 Å². The molecule has 0 saturated carbocycles. The molecule has 1 fully saturated rings. The first-order valence-electron chi connectivity index (χ1n) is 10.3. The first-order chi connectivity index (χ1) is 14.6. The molecule has 7 nitrogen and oxygen atoms in total. The number of anilines is 2. The van der Waals surface area contributed by atoms with Crippen LogP contribution in [0.25, 0.3) is 0 Å². The van der Waals surface area contributed by atoms with Crippen molar-refractivity contribution in [3.05, 3.63) is 52.7 Å². The Morgan fingerprint density at radius 3 is 2.83 bits per heavy atom. The number of aliphatic hydroxyl groups excluding tert-OH is 1. The Hall–Kier alpha value is -2.64. The number of piperidine rings is 1. The predicted octanol–water partition coefficient (Wildman–Crippen LogP) is 3.07. The highest BCUT2D eigenvalue weighted by Gasteiger charge is 2.30. The number of carbonyl (C=O) groups excluding carboxylic acids is 2. The third kappa shape index (κ3) is 4.27. The predicted molar refractivity (Wildman–Crippen MR) is 116 cm³/mol. The van der Waals surface area contributed by atoms with Crippen molar-refractivity contribution in [3.8, 4) is 0 Å². The molecule has 4 rings (SSSR count). The third-order valence-electron chi connectivity index (χ3n) is 5.72. The molecule has 0 aliphatic carbocycles. The summed E-state index contributed by atoms with van der Waals surface area (Å²) < 4.78 is 0. The quantitative estimate of drug-likeness (QED) is 0.764. The molecule has 158 valence electrons. The standard InChI is InChI=1S/C22H25ClN4O3/c23-17-6-4-15(5-7-17)14-27-19-11-16(12-24-21(19)25-13-20(27)29)22(30)26-9-2-1-3-18(26)8-10-28/h4-7,11-12,18,28H,1-3,8-10,13-14H2,(H,24,25). The molecule has 8 heteroatoms. The molecule has 1 aromatic heterocycles. The number of nitrogens with zero attached hydrogens (tertiary/aromatic N) is 3. The van der Waals surface area contributed by atoms with Gasteiger partial charge in [0.05, 0.1) is 24.3 Å². The zero-order valence-electron chi connectivity index (χ0n) is 16.7. The summed E-state index contributed by atoms with van der Waals surface area (Å²) >= 11 is 5.97. The number of fused-ring (bicyclic) bond motifs is 1. The molecule has 1 saturated heterocycles. The van der Waals surface area contributed by atoms with Gasteiger partial charge in [0.2, 0.25) is 5.91 Å². The lowest BCUT2D eigenvalue weighted by molar-refractivity contribution is -0.117. The molecule has 3 heterocycles. The zero-order chi connectivity index (χ0) is 21.1. The maximum Gasteiger partial charge on any atom is 0.255 e. The fourth-order valence-electron chi connectivity index (χ4n) is 4.13. The van der Waals surface area contributed by atoms with E-state index in [1.807, 2.05) is 17.0 Å². The minimum atomic E-state index is -0.104. The fraction of sp³-hybridized carbons (Fsp3) is 0.409. The highest BCUT2D eigenvalue weighted by atomic mass is 35.5. The summed E-state index contributed by atoms with van der Waals surface area (Å²) in [5.74, 6) is 0.401. The molecule has 0 spiro atoms. The lowest BCUT2D eigenvalue weighted by atomic mass is 9.98. The molecule has 2 amide bonds. The Balaban J connectivity index is 1.62. The number of hydrogen-bond donors (Lipinski definition) is 2. The topological polar surface area (TPSA) is 85.8 Å². The van der Waals surface area contributed by atoms with E-state index < -0.39 is 0 Å². The molecular weight excluding hydrogens is 404 g/mol. The summed E-state index contributed by atoms with van der Waals surface area (Å²) in [7, 11) is 0. The van der Waals surface area contributed by atoms with Crippen molar-refractivity contribution in [2.45, 2.75) is 38.3 Å². The first-order valence-corrected chi connectivity index (χ1v) is 10.6. The van der Waals surface area contributed by atoms with Crippen LogP contribution in [0.5, 0.6) is 0 Å². The van der Waals surface area contributed by atoms with Crippen LogP contribution in [-0.2, 0) is 11.3 Å². The summed E-state index contributed by atoms with van der Waals surface area (Å²) in [6.45, 7) is 1.27. The normalized spacial score (nSPS) is 18.7. The molecule has 0 bridgehead atoms. The summed E-state index contributed by atoms with van der Waals surface area (Å²) in [6, 6.07) is 9.13. The van der Waals surface area contributed by atoms with E-state index in [-0.39, 0.29) is 31.0 Å². The van der Waals surface area contributed by atoms with E-state index >= 15 is 0 Å². The van der Waals surface area contributed by atoms with E-state index in [0.29, 0.717) is 41.6 Å². The van der Waals surface area contributed by atoms with Gasteiger partial charge in [-0.1, -0.05) is 23.7 Å². The number of rotatable bonds is 5. The Morgan fingerprint density at radius 2 is 2.07 bits per heavy atom. The van der Waals surface area contributed by atoms with Gasteiger partial charge < -0.3 is 20.2 Å². The van der Waals surface area contributed by atoms with E-state index in [2.05, 4.69) is 10.3 Å². The summed E-state index contributed by atoms with van der Waals surface area (Å²) in [4.78, 5) is 33.8. The second-order valence-corrected chi connectivity index (χ2v) is 8.15. The van der Waals surface area contributed by atoms with Gasteiger partial charge in [-0.25, -0.2) is 4.98 Å². The van der Waals surface area contributed by atoms with Crippen molar-refractivity contribution >= 4 is 34.9 Å². The summed E-state index contributed by atoms with van der Waals surface area (Å²) in [5.41, 5.74) is 2.00. The van der Waals surface area contributed by atoms with Gasteiger partial charge in [0.15, 0.2) is 5.82 Å². The lowest BCUT2D eigenvalue weighted by Gasteiger charge is -2.36. The average molecular weight is 429 g/mol. The number of hydrogen-bond acceptors (Lipinski definition) is 5. The Kier molecular flexibility index (Phi) is 6.20. The number of aromatic nitrogens is 1. The number of nitrogens with one attached hydrogen (secondary N) is 1. The first kappa shape index (κ1) is 20.6. The highest BCUT2D eigenvalue weighted by Crippen LogP contribution is 2.31. The van der Waals surface area contributed by atoms with Gasteiger partial charge in [0, 0.05) is 30.4 Å². The van der Waals surface area contributed by atoms with Gasteiger partial charge in [-0.15, -0.1) is 0 Å². The minimum Gasteiger partial charge on any atom is -0.396 e. The van der Waals surface area contributed by atoms with Crippen LogP contribution in [0.2, 0.25) is 5.02 Å². The van der Waals surface area contributed by atoms with Crippen LogP contribution >= 0.6 is 11.6 Å². The Morgan fingerprint density at radius 1 is 1.27 bits per heavy atom. The van der Waals surface area contributed by atoms with Crippen molar-refractivity contribution in [3.63, 3.8) is 0 Å². The third-order valence-corrected chi connectivity index (χ3v) is 5.97. The number of likely N-dealkylation sites (tertiary alicyclic amines) is 1.